The first kappa shape index (κ1) is 16.1. The summed E-state index contributed by atoms with van der Waals surface area (Å²) < 4.78 is 8.00. The minimum atomic E-state index is 0.405. The minimum Gasteiger partial charge on any atom is -0.491 e. The van der Waals surface area contributed by atoms with Crippen LogP contribution in [0.25, 0.3) is 11.0 Å². The molecule has 0 fully saturated rings. The molecule has 0 radical (unpaired) electrons. The Morgan fingerprint density at radius 3 is 2.76 bits per heavy atom. The number of hydrogen-bond donors (Lipinski definition) is 0. The van der Waals surface area contributed by atoms with Crippen LogP contribution in [0.2, 0.25) is 0 Å². The van der Waals surface area contributed by atoms with Crippen molar-refractivity contribution in [2.75, 3.05) is 20.7 Å². The molecule has 1 heterocycles. The summed E-state index contributed by atoms with van der Waals surface area (Å²) in [5.41, 5.74) is 2.00. The van der Waals surface area contributed by atoms with Gasteiger partial charge < -0.3 is 14.2 Å². The summed E-state index contributed by atoms with van der Waals surface area (Å²) in [5, 5.41) is 0. The van der Waals surface area contributed by atoms with Gasteiger partial charge in [-0.1, -0.05) is 13.0 Å². The van der Waals surface area contributed by atoms with Crippen LogP contribution in [0.15, 0.2) is 18.2 Å². The highest BCUT2D eigenvalue weighted by Gasteiger charge is 2.16. The molecule has 1 unspecified atom stereocenters. The van der Waals surface area contributed by atoms with E-state index in [4.69, 9.17) is 16.3 Å². The van der Waals surface area contributed by atoms with Crippen molar-refractivity contribution < 1.29 is 4.74 Å². The van der Waals surface area contributed by atoms with Crippen molar-refractivity contribution in [3.63, 3.8) is 0 Å². The van der Waals surface area contributed by atoms with Gasteiger partial charge in [0.2, 0.25) is 0 Å². The summed E-state index contributed by atoms with van der Waals surface area (Å²) in [6.45, 7) is 5.86. The predicted octanol–water partition coefficient (Wildman–Crippen LogP) is 3.51. The maximum atomic E-state index is 6.09. The van der Waals surface area contributed by atoms with E-state index in [9.17, 15) is 0 Å². The Morgan fingerprint density at radius 2 is 2.14 bits per heavy atom. The second-order valence-corrected chi connectivity index (χ2v) is 5.82. The van der Waals surface area contributed by atoms with E-state index in [2.05, 4.69) is 48.5 Å². The number of hydrogen-bond acceptors (Lipinski definition) is 3. The van der Waals surface area contributed by atoms with Crippen molar-refractivity contribution in [1.82, 2.24) is 14.5 Å². The van der Waals surface area contributed by atoms with Crippen LogP contribution in [0, 0.1) is 0 Å². The highest BCUT2D eigenvalue weighted by Crippen LogP contribution is 2.27. The smallest absolute Gasteiger partial charge is 0.147 e. The van der Waals surface area contributed by atoms with Crippen LogP contribution in [0.3, 0.4) is 0 Å². The molecule has 1 atom stereocenters. The van der Waals surface area contributed by atoms with Crippen LogP contribution in [0.5, 0.6) is 5.75 Å². The fourth-order valence-electron chi connectivity index (χ4n) is 2.23. The number of alkyl halides is 1. The second-order valence-electron chi connectivity index (χ2n) is 5.56. The first-order valence-electron chi connectivity index (χ1n) is 7.41. The van der Waals surface area contributed by atoms with E-state index in [-0.39, 0.29) is 0 Å². The van der Waals surface area contributed by atoms with Crippen molar-refractivity contribution in [3.8, 4) is 5.75 Å². The summed E-state index contributed by atoms with van der Waals surface area (Å²) in [7, 11) is 4.17. The summed E-state index contributed by atoms with van der Waals surface area (Å²) in [5.74, 6) is 2.15. The maximum Gasteiger partial charge on any atom is 0.147 e. The third kappa shape index (κ3) is 3.50. The first-order chi connectivity index (χ1) is 10.1. The van der Waals surface area contributed by atoms with Gasteiger partial charge in [-0.3, -0.25) is 0 Å². The molecule has 4 nitrogen and oxygen atoms in total. The zero-order valence-corrected chi connectivity index (χ0v) is 14.0. The lowest BCUT2D eigenvalue weighted by Crippen LogP contribution is -2.29. The first-order valence-corrected chi connectivity index (χ1v) is 7.95. The van der Waals surface area contributed by atoms with Gasteiger partial charge in [0.15, 0.2) is 0 Å². The minimum absolute atomic E-state index is 0.405. The highest BCUT2D eigenvalue weighted by atomic mass is 35.5. The Bertz CT molecular complexity index is 594. The van der Waals surface area contributed by atoms with Crippen LogP contribution < -0.4 is 4.74 Å². The number of rotatable bonds is 7. The van der Waals surface area contributed by atoms with Crippen LogP contribution in [0.1, 0.15) is 26.1 Å². The molecule has 0 spiro atoms. The molecule has 21 heavy (non-hydrogen) atoms. The number of halogens is 1. The monoisotopic (exact) mass is 309 g/mol. The Morgan fingerprint density at radius 1 is 1.38 bits per heavy atom. The van der Waals surface area contributed by atoms with Gasteiger partial charge in [-0.2, -0.15) is 0 Å². The van der Waals surface area contributed by atoms with E-state index in [1.807, 2.05) is 12.1 Å². The van der Waals surface area contributed by atoms with E-state index in [0.29, 0.717) is 18.5 Å². The van der Waals surface area contributed by atoms with Crippen LogP contribution in [-0.2, 0) is 12.4 Å². The molecule has 116 valence electrons. The lowest BCUT2D eigenvalue weighted by molar-refractivity contribution is 0.284. The maximum absolute atomic E-state index is 6.09. The molecule has 1 aromatic heterocycles. The summed E-state index contributed by atoms with van der Waals surface area (Å²) >= 11 is 6.09. The fourth-order valence-corrected chi connectivity index (χ4v) is 2.44. The lowest BCUT2D eigenvalue weighted by atomic mass is 10.2. The van der Waals surface area contributed by atoms with Gasteiger partial charge in [0.25, 0.3) is 0 Å². The van der Waals surface area contributed by atoms with Crippen LogP contribution in [-0.4, -0.2) is 41.2 Å². The molecule has 0 aliphatic rings. The van der Waals surface area contributed by atoms with Gasteiger partial charge in [0.05, 0.1) is 18.0 Å². The molecule has 0 N–H and O–H groups in total. The number of nitrogens with zero attached hydrogens (tertiary/aromatic N) is 3. The number of benzene rings is 1. The van der Waals surface area contributed by atoms with Crippen molar-refractivity contribution in [3.05, 3.63) is 24.0 Å². The number of para-hydroxylation sites is 1. The van der Waals surface area contributed by atoms with Gasteiger partial charge >= 0.3 is 0 Å². The van der Waals surface area contributed by atoms with E-state index in [1.54, 1.807) is 0 Å². The van der Waals surface area contributed by atoms with Crippen molar-refractivity contribution in [1.29, 1.82) is 0 Å². The quantitative estimate of drug-likeness (QED) is 0.733. The zero-order valence-electron chi connectivity index (χ0n) is 13.3. The van der Waals surface area contributed by atoms with Crippen molar-refractivity contribution >= 4 is 22.6 Å². The molecular formula is C16H24ClN3O. The average molecular weight is 310 g/mol. The standard InChI is InChI=1S/C16H24ClN3O/c1-5-9-21-14-8-6-7-13-16(14)18-15(10-17)20(13)11-12(2)19(3)4/h6-8,12H,5,9-11H2,1-4H3. The molecule has 0 aliphatic heterocycles. The van der Waals surface area contributed by atoms with Gasteiger partial charge in [-0.25, -0.2) is 4.98 Å². The highest BCUT2D eigenvalue weighted by molar-refractivity contribution is 6.16. The SMILES string of the molecule is CCCOc1cccc2c1nc(CCl)n2CC(C)N(C)C. The van der Waals surface area contributed by atoms with E-state index < -0.39 is 0 Å². The molecule has 0 aliphatic carbocycles. The van der Waals surface area contributed by atoms with E-state index >= 15 is 0 Å². The largest absolute Gasteiger partial charge is 0.491 e. The van der Waals surface area contributed by atoms with Gasteiger partial charge in [0, 0.05) is 12.6 Å². The Hall–Kier alpha value is -1.26. The molecule has 0 bridgehead atoms. The Labute approximate surface area is 131 Å². The average Bonchev–Trinajstić information content (AvgIpc) is 2.83. The number of imidazole rings is 1. The van der Waals surface area contributed by atoms with Crippen molar-refractivity contribution in [2.24, 2.45) is 0 Å². The second kappa shape index (κ2) is 7.14. The third-order valence-corrected chi connectivity index (χ3v) is 3.97. The summed E-state index contributed by atoms with van der Waals surface area (Å²) in [6, 6.07) is 6.48. The topological polar surface area (TPSA) is 30.3 Å². The van der Waals surface area contributed by atoms with E-state index in [0.717, 1.165) is 35.6 Å². The number of likely N-dealkylation sites (N-methyl/N-ethyl adjacent to an activating group) is 1. The summed E-state index contributed by atoms with van der Waals surface area (Å²) in [6.07, 6.45) is 0.983. The fraction of sp³-hybridized carbons (Fsp3) is 0.562. The summed E-state index contributed by atoms with van der Waals surface area (Å²) in [4.78, 5) is 6.88. The molecule has 0 saturated carbocycles. The van der Waals surface area contributed by atoms with Gasteiger partial charge in [0.1, 0.15) is 17.1 Å². The number of fused-ring (bicyclic) bond motifs is 1. The number of ether oxygens (including phenoxy) is 1. The molecule has 5 heteroatoms. The lowest BCUT2D eigenvalue weighted by Gasteiger charge is -2.21. The molecular weight excluding hydrogens is 286 g/mol. The molecule has 2 aromatic rings. The Kier molecular flexibility index (Phi) is 5.48. The molecule has 2 rings (SSSR count). The normalized spacial score (nSPS) is 13.0. The zero-order chi connectivity index (χ0) is 15.4. The van der Waals surface area contributed by atoms with E-state index in [1.165, 1.54) is 0 Å². The molecule has 0 saturated heterocycles. The third-order valence-electron chi connectivity index (χ3n) is 3.73. The number of aromatic nitrogens is 2. The van der Waals surface area contributed by atoms with Crippen LogP contribution in [0.4, 0.5) is 0 Å². The molecule has 1 aromatic carbocycles. The predicted molar refractivity (Wildman–Crippen MR) is 88.2 cm³/mol. The van der Waals surface area contributed by atoms with Gasteiger partial charge in [-0.05, 0) is 39.6 Å². The van der Waals surface area contributed by atoms with Crippen LogP contribution >= 0.6 is 11.6 Å². The van der Waals surface area contributed by atoms with Crippen molar-refractivity contribution in [2.45, 2.75) is 38.7 Å². The molecule has 0 amide bonds. The van der Waals surface area contributed by atoms with Gasteiger partial charge in [-0.15, -0.1) is 11.6 Å². The Balaban J connectivity index is 2.44.